The van der Waals surface area contributed by atoms with E-state index in [0.29, 0.717) is 11.3 Å². The predicted octanol–water partition coefficient (Wildman–Crippen LogP) is 9.97. The quantitative estimate of drug-likeness (QED) is 0.208. The van der Waals surface area contributed by atoms with Crippen molar-refractivity contribution in [3.05, 3.63) is 150 Å². The highest BCUT2D eigenvalue weighted by Gasteiger charge is 2.20. The smallest absolute Gasteiger partial charge is 0.211 e. The summed E-state index contributed by atoms with van der Waals surface area (Å²) in [6, 6.07) is 47.6. The molecular weight excluding hydrogens is 512 g/mol. The van der Waals surface area contributed by atoms with E-state index >= 15 is 0 Å². The van der Waals surface area contributed by atoms with E-state index in [1.54, 1.807) is 0 Å². The fourth-order valence-electron chi connectivity index (χ4n) is 6.41. The molecular formula is C38H22N4. The van der Waals surface area contributed by atoms with Gasteiger partial charge in [0.2, 0.25) is 5.69 Å². The second kappa shape index (κ2) is 9.24. The highest BCUT2D eigenvalue weighted by atomic mass is 15.0. The molecule has 0 N–H and O–H groups in total. The van der Waals surface area contributed by atoms with Gasteiger partial charge in [0.25, 0.3) is 0 Å². The zero-order valence-electron chi connectivity index (χ0n) is 22.5. The molecule has 4 heteroatoms. The van der Waals surface area contributed by atoms with Crippen LogP contribution in [0.2, 0.25) is 0 Å². The first-order valence-electron chi connectivity index (χ1n) is 13.8. The van der Waals surface area contributed by atoms with Crippen molar-refractivity contribution in [2.75, 3.05) is 0 Å². The monoisotopic (exact) mass is 534 g/mol. The van der Waals surface area contributed by atoms with E-state index in [1.165, 1.54) is 0 Å². The van der Waals surface area contributed by atoms with Crippen molar-refractivity contribution in [1.82, 2.24) is 9.13 Å². The molecule has 42 heavy (non-hydrogen) atoms. The Morgan fingerprint density at radius 2 is 1.05 bits per heavy atom. The van der Waals surface area contributed by atoms with Crippen LogP contribution in [0.4, 0.5) is 5.69 Å². The first-order chi connectivity index (χ1) is 20.8. The van der Waals surface area contributed by atoms with Crippen molar-refractivity contribution >= 4 is 49.3 Å². The van der Waals surface area contributed by atoms with Gasteiger partial charge in [-0.1, -0.05) is 97.1 Å². The molecule has 2 aromatic heterocycles. The largest absolute Gasteiger partial charge is 0.318 e. The molecule has 0 aliphatic carbocycles. The maximum Gasteiger partial charge on any atom is 0.211 e. The Bertz CT molecular complexity index is 2340. The fourth-order valence-corrected chi connectivity index (χ4v) is 6.41. The summed E-state index contributed by atoms with van der Waals surface area (Å²) in [6.07, 6.45) is 0. The standard InChI is InChI=1S/C38H22N4/c1-40-32-16-10-15-27(38(32)42-35-19-8-4-13-30(35)31-14-5-9-20-36(31)42)25-21-22-26(24-39)37(23-25)41-33-17-6-2-11-28(33)29-12-3-7-18-34(29)41/h2-23H. The van der Waals surface area contributed by atoms with E-state index in [1.807, 2.05) is 48.5 Å². The molecule has 0 atom stereocenters. The molecule has 2 heterocycles. The van der Waals surface area contributed by atoms with Crippen LogP contribution in [0.25, 0.3) is 71.0 Å². The number of benzene rings is 6. The molecule has 0 aliphatic heterocycles. The predicted molar refractivity (Wildman–Crippen MR) is 172 cm³/mol. The summed E-state index contributed by atoms with van der Waals surface area (Å²) in [7, 11) is 0. The van der Waals surface area contributed by atoms with Crippen LogP contribution in [0.3, 0.4) is 0 Å². The summed E-state index contributed by atoms with van der Waals surface area (Å²) < 4.78 is 4.40. The van der Waals surface area contributed by atoms with Gasteiger partial charge in [0.15, 0.2) is 0 Å². The average molecular weight is 535 g/mol. The van der Waals surface area contributed by atoms with Crippen LogP contribution in [0.15, 0.2) is 133 Å². The molecule has 8 rings (SSSR count). The number of hydrogen-bond donors (Lipinski definition) is 0. The van der Waals surface area contributed by atoms with Gasteiger partial charge in [-0.25, -0.2) is 4.85 Å². The highest BCUT2D eigenvalue weighted by Crippen LogP contribution is 2.42. The fraction of sp³-hybridized carbons (Fsp3) is 0. The van der Waals surface area contributed by atoms with Gasteiger partial charge in [-0.2, -0.15) is 5.26 Å². The lowest BCUT2D eigenvalue weighted by Crippen LogP contribution is -2.00. The minimum Gasteiger partial charge on any atom is -0.318 e. The summed E-state index contributed by atoms with van der Waals surface area (Å²) in [5.74, 6) is 0. The van der Waals surface area contributed by atoms with Gasteiger partial charge in [-0.3, -0.25) is 0 Å². The normalized spacial score (nSPS) is 11.3. The lowest BCUT2D eigenvalue weighted by atomic mass is 9.99. The van der Waals surface area contributed by atoms with Crippen LogP contribution in [0.5, 0.6) is 0 Å². The summed E-state index contributed by atoms with van der Waals surface area (Å²) in [5.41, 5.74) is 8.87. The Morgan fingerprint density at radius 3 is 1.55 bits per heavy atom. The zero-order chi connectivity index (χ0) is 28.2. The van der Waals surface area contributed by atoms with E-state index in [-0.39, 0.29) is 0 Å². The zero-order valence-corrected chi connectivity index (χ0v) is 22.5. The van der Waals surface area contributed by atoms with Crippen LogP contribution in [0.1, 0.15) is 5.56 Å². The van der Waals surface area contributed by atoms with Crippen molar-refractivity contribution < 1.29 is 0 Å². The van der Waals surface area contributed by atoms with Crippen molar-refractivity contribution in [2.45, 2.75) is 0 Å². The average Bonchev–Trinajstić information content (AvgIpc) is 3.57. The summed E-state index contributed by atoms with van der Waals surface area (Å²) in [5, 5.41) is 14.8. The first-order valence-corrected chi connectivity index (χ1v) is 13.8. The first kappa shape index (κ1) is 23.8. The van der Waals surface area contributed by atoms with E-state index in [4.69, 9.17) is 6.57 Å². The Balaban J connectivity index is 1.46. The SMILES string of the molecule is [C-]#[N+]c1cccc(-c2ccc(C#N)c(-n3c4ccccc4c4ccccc43)c2)c1-n1c2ccccc2c2ccccc21. The molecule has 194 valence electrons. The van der Waals surface area contributed by atoms with Crippen LogP contribution in [-0.4, -0.2) is 9.13 Å². The van der Waals surface area contributed by atoms with Gasteiger partial charge in [-0.05, 0) is 47.5 Å². The summed E-state index contributed by atoms with van der Waals surface area (Å²) in [6.45, 7) is 8.13. The molecule has 0 aliphatic rings. The number of nitrogens with zero attached hydrogens (tertiary/aromatic N) is 4. The van der Waals surface area contributed by atoms with Crippen molar-refractivity contribution in [2.24, 2.45) is 0 Å². The van der Waals surface area contributed by atoms with Gasteiger partial charge in [0.1, 0.15) is 6.07 Å². The lowest BCUT2D eigenvalue weighted by molar-refractivity contribution is 1.16. The summed E-state index contributed by atoms with van der Waals surface area (Å²) >= 11 is 0. The van der Waals surface area contributed by atoms with Crippen LogP contribution < -0.4 is 0 Å². The van der Waals surface area contributed by atoms with Crippen LogP contribution in [-0.2, 0) is 0 Å². The number of fused-ring (bicyclic) bond motifs is 6. The third-order valence-corrected chi connectivity index (χ3v) is 8.19. The van der Waals surface area contributed by atoms with Gasteiger partial charge >= 0.3 is 0 Å². The maximum atomic E-state index is 10.2. The topological polar surface area (TPSA) is 38.0 Å². The molecule has 0 fully saturated rings. The van der Waals surface area contributed by atoms with E-state index < -0.39 is 0 Å². The summed E-state index contributed by atoms with van der Waals surface area (Å²) in [4.78, 5) is 3.99. The molecule has 0 saturated heterocycles. The second-order valence-electron chi connectivity index (χ2n) is 10.4. The minimum atomic E-state index is 0.571. The maximum absolute atomic E-state index is 10.2. The van der Waals surface area contributed by atoms with Crippen molar-refractivity contribution in [3.63, 3.8) is 0 Å². The van der Waals surface area contributed by atoms with Gasteiger partial charge in [-0.15, -0.1) is 0 Å². The Kier molecular flexibility index (Phi) is 5.22. The molecule has 8 aromatic rings. The van der Waals surface area contributed by atoms with Gasteiger partial charge in [0, 0.05) is 21.5 Å². The van der Waals surface area contributed by atoms with Crippen molar-refractivity contribution in [3.8, 4) is 28.6 Å². The molecule has 4 nitrogen and oxygen atoms in total. The third-order valence-electron chi connectivity index (χ3n) is 8.19. The molecule has 0 radical (unpaired) electrons. The third kappa shape index (κ3) is 3.33. The number of aromatic nitrogens is 2. The number of nitriles is 1. The Hall–Kier alpha value is -6.10. The van der Waals surface area contributed by atoms with E-state index in [9.17, 15) is 5.26 Å². The second-order valence-corrected chi connectivity index (χ2v) is 10.4. The molecule has 0 unspecified atom stereocenters. The van der Waals surface area contributed by atoms with Gasteiger partial charge < -0.3 is 9.13 Å². The number of para-hydroxylation sites is 5. The molecule has 0 saturated carbocycles. The number of hydrogen-bond acceptors (Lipinski definition) is 1. The minimum absolute atomic E-state index is 0.571. The van der Waals surface area contributed by atoms with E-state index in [0.717, 1.165) is 66.1 Å². The van der Waals surface area contributed by atoms with E-state index in [2.05, 4.69) is 105 Å². The molecule has 0 amide bonds. The van der Waals surface area contributed by atoms with Gasteiger partial charge in [0.05, 0.1) is 45.6 Å². The Morgan fingerprint density at radius 1 is 0.548 bits per heavy atom. The molecule has 6 aromatic carbocycles. The van der Waals surface area contributed by atoms with Crippen molar-refractivity contribution in [1.29, 1.82) is 5.26 Å². The lowest BCUT2D eigenvalue weighted by Gasteiger charge is -2.18. The molecule has 0 bridgehead atoms. The Labute approximate surface area is 242 Å². The van der Waals surface area contributed by atoms with Crippen LogP contribution in [0, 0.1) is 17.9 Å². The van der Waals surface area contributed by atoms with Crippen LogP contribution >= 0.6 is 0 Å². The highest BCUT2D eigenvalue weighted by molar-refractivity contribution is 6.11. The molecule has 0 spiro atoms. The number of rotatable bonds is 3.